The molecule has 1 rings (SSSR count). The highest BCUT2D eigenvalue weighted by molar-refractivity contribution is 7.85. The van der Waals surface area contributed by atoms with Crippen molar-refractivity contribution >= 4 is 10.1 Å². The summed E-state index contributed by atoms with van der Waals surface area (Å²) in [5.74, 6) is -0.458. The fourth-order valence-corrected chi connectivity index (χ4v) is 2.51. The van der Waals surface area contributed by atoms with E-state index in [1.807, 2.05) is 6.07 Å². The van der Waals surface area contributed by atoms with Crippen LogP contribution in [-0.2, 0) is 15.7 Å². The van der Waals surface area contributed by atoms with Crippen LogP contribution in [0.25, 0.3) is 0 Å². The molecule has 4 nitrogen and oxygen atoms in total. The van der Waals surface area contributed by atoms with Gasteiger partial charge in [0.05, 0.1) is 11.3 Å². The van der Waals surface area contributed by atoms with Crippen LogP contribution in [0.3, 0.4) is 0 Å². The van der Waals surface area contributed by atoms with Crippen LogP contribution in [0.1, 0.15) is 18.9 Å². The Hall–Kier alpha value is -0.910. The van der Waals surface area contributed by atoms with Crippen LogP contribution in [0, 0.1) is 0 Å². The molecule has 0 heterocycles. The van der Waals surface area contributed by atoms with E-state index in [1.165, 1.54) is 0 Å². The molecule has 0 fully saturated rings. The van der Waals surface area contributed by atoms with E-state index in [0.29, 0.717) is 12.0 Å². The molecule has 0 aliphatic carbocycles. The number of hydrogen-bond donors (Lipinski definition) is 2. The molecule has 1 atom stereocenters. The van der Waals surface area contributed by atoms with Gasteiger partial charge in [-0.2, -0.15) is 8.42 Å². The Morgan fingerprint density at radius 3 is 2.27 bits per heavy atom. The van der Waals surface area contributed by atoms with E-state index in [-0.39, 0.29) is 0 Å². The molecule has 1 unspecified atom stereocenters. The van der Waals surface area contributed by atoms with E-state index in [4.69, 9.17) is 10.3 Å². The lowest BCUT2D eigenvalue weighted by atomic mass is 9.90. The maximum absolute atomic E-state index is 10.9. The molecule has 0 aliphatic heterocycles. The van der Waals surface area contributed by atoms with E-state index in [1.54, 1.807) is 31.2 Å². The summed E-state index contributed by atoms with van der Waals surface area (Å²) in [5.41, 5.74) is 5.66. The first kappa shape index (κ1) is 12.2. The largest absolute Gasteiger partial charge is 0.320 e. The molecule has 3 N–H and O–H groups in total. The zero-order valence-corrected chi connectivity index (χ0v) is 9.37. The SMILES string of the molecule is CCC(N)(CS(=O)(=O)O)c1ccccc1. The lowest BCUT2D eigenvalue weighted by molar-refractivity contribution is 0.428. The van der Waals surface area contributed by atoms with Gasteiger partial charge in [0.2, 0.25) is 0 Å². The second kappa shape index (κ2) is 4.30. The van der Waals surface area contributed by atoms with Crippen LogP contribution in [-0.4, -0.2) is 18.7 Å². The minimum Gasteiger partial charge on any atom is -0.320 e. The van der Waals surface area contributed by atoms with Gasteiger partial charge in [0, 0.05) is 0 Å². The van der Waals surface area contributed by atoms with Crippen LogP contribution in [0.5, 0.6) is 0 Å². The molecular formula is C10H15NO3S. The molecule has 0 spiro atoms. The van der Waals surface area contributed by atoms with Crippen molar-refractivity contribution in [2.75, 3.05) is 5.75 Å². The topological polar surface area (TPSA) is 80.4 Å². The van der Waals surface area contributed by atoms with Crippen LogP contribution in [0.2, 0.25) is 0 Å². The lowest BCUT2D eigenvalue weighted by Crippen LogP contribution is -2.42. The van der Waals surface area contributed by atoms with Gasteiger partial charge >= 0.3 is 0 Å². The smallest absolute Gasteiger partial charge is 0.267 e. The van der Waals surface area contributed by atoms with Gasteiger partial charge in [-0.1, -0.05) is 37.3 Å². The first-order valence-electron chi connectivity index (χ1n) is 4.67. The normalized spacial score (nSPS) is 15.9. The molecule has 0 radical (unpaired) electrons. The first-order chi connectivity index (χ1) is 6.87. The molecule has 84 valence electrons. The zero-order valence-electron chi connectivity index (χ0n) is 8.55. The predicted molar refractivity (Wildman–Crippen MR) is 59.0 cm³/mol. The number of nitrogens with two attached hydrogens (primary N) is 1. The van der Waals surface area contributed by atoms with Gasteiger partial charge in [-0.15, -0.1) is 0 Å². The summed E-state index contributed by atoms with van der Waals surface area (Å²) in [4.78, 5) is 0. The van der Waals surface area contributed by atoms with Gasteiger partial charge in [-0.3, -0.25) is 4.55 Å². The Morgan fingerprint density at radius 1 is 1.33 bits per heavy atom. The monoisotopic (exact) mass is 229 g/mol. The molecule has 0 saturated carbocycles. The molecule has 1 aromatic rings. The Labute approximate surface area is 89.9 Å². The third-order valence-corrected chi connectivity index (χ3v) is 3.30. The highest BCUT2D eigenvalue weighted by Crippen LogP contribution is 2.23. The van der Waals surface area contributed by atoms with Crippen molar-refractivity contribution in [3.8, 4) is 0 Å². The van der Waals surface area contributed by atoms with E-state index in [2.05, 4.69) is 0 Å². The van der Waals surface area contributed by atoms with Crippen LogP contribution < -0.4 is 5.73 Å². The summed E-state index contributed by atoms with van der Waals surface area (Å²) >= 11 is 0. The van der Waals surface area contributed by atoms with Crippen molar-refractivity contribution in [2.24, 2.45) is 5.73 Å². The van der Waals surface area contributed by atoms with E-state index in [0.717, 1.165) is 0 Å². The minimum atomic E-state index is -4.07. The molecule has 0 aliphatic rings. The minimum absolute atomic E-state index is 0.441. The van der Waals surface area contributed by atoms with Gasteiger partial charge in [0.25, 0.3) is 10.1 Å². The maximum atomic E-state index is 10.9. The fraction of sp³-hybridized carbons (Fsp3) is 0.400. The summed E-state index contributed by atoms with van der Waals surface area (Å²) in [6, 6.07) is 8.92. The van der Waals surface area contributed by atoms with Gasteiger partial charge in [-0.05, 0) is 12.0 Å². The molecule has 0 amide bonds. The van der Waals surface area contributed by atoms with Crippen molar-refractivity contribution in [3.63, 3.8) is 0 Å². The Kier molecular flexibility index (Phi) is 3.49. The van der Waals surface area contributed by atoms with E-state index in [9.17, 15) is 8.42 Å². The van der Waals surface area contributed by atoms with Crippen molar-refractivity contribution in [1.29, 1.82) is 0 Å². The average Bonchev–Trinajstić information content (AvgIpc) is 2.16. The van der Waals surface area contributed by atoms with Crippen molar-refractivity contribution in [1.82, 2.24) is 0 Å². The Bertz CT molecular complexity index is 416. The predicted octanol–water partition coefficient (Wildman–Crippen LogP) is 1.14. The number of benzene rings is 1. The third-order valence-electron chi connectivity index (χ3n) is 2.42. The standard InChI is InChI=1S/C10H15NO3S/c1-2-10(11,8-15(12,13)14)9-6-4-3-5-7-9/h3-7H,2,8,11H2,1H3,(H,12,13,14). The molecular weight excluding hydrogens is 214 g/mol. The summed E-state index contributed by atoms with van der Waals surface area (Å²) in [6.07, 6.45) is 0.441. The van der Waals surface area contributed by atoms with Crippen LogP contribution >= 0.6 is 0 Å². The van der Waals surface area contributed by atoms with E-state index < -0.39 is 21.4 Å². The van der Waals surface area contributed by atoms with Gasteiger partial charge in [0.1, 0.15) is 0 Å². The molecule has 1 aromatic carbocycles. The second-order valence-corrected chi connectivity index (χ2v) is 5.05. The number of hydrogen-bond acceptors (Lipinski definition) is 3. The van der Waals surface area contributed by atoms with Crippen molar-refractivity contribution < 1.29 is 13.0 Å². The average molecular weight is 229 g/mol. The first-order valence-corrected chi connectivity index (χ1v) is 6.28. The molecule has 0 saturated heterocycles. The highest BCUT2D eigenvalue weighted by atomic mass is 32.2. The molecule has 5 heteroatoms. The third kappa shape index (κ3) is 3.30. The summed E-state index contributed by atoms with van der Waals surface area (Å²) in [5, 5.41) is 0. The van der Waals surface area contributed by atoms with Gasteiger partial charge in [0.15, 0.2) is 0 Å². The fourth-order valence-electron chi connectivity index (χ4n) is 1.49. The second-order valence-electron chi connectivity index (χ2n) is 3.60. The highest BCUT2D eigenvalue weighted by Gasteiger charge is 2.30. The zero-order chi connectivity index (χ0) is 11.5. The van der Waals surface area contributed by atoms with Gasteiger partial charge in [-0.25, -0.2) is 0 Å². The van der Waals surface area contributed by atoms with E-state index >= 15 is 0 Å². The lowest BCUT2D eigenvalue weighted by Gasteiger charge is -2.27. The number of rotatable bonds is 4. The van der Waals surface area contributed by atoms with Crippen molar-refractivity contribution in [2.45, 2.75) is 18.9 Å². The van der Waals surface area contributed by atoms with Crippen LogP contribution in [0.4, 0.5) is 0 Å². The molecule has 0 bridgehead atoms. The summed E-state index contributed by atoms with van der Waals surface area (Å²) < 4.78 is 30.5. The Morgan fingerprint density at radius 2 is 1.87 bits per heavy atom. The van der Waals surface area contributed by atoms with Crippen molar-refractivity contribution in [3.05, 3.63) is 35.9 Å². The molecule has 15 heavy (non-hydrogen) atoms. The quantitative estimate of drug-likeness (QED) is 0.759. The van der Waals surface area contributed by atoms with Gasteiger partial charge < -0.3 is 5.73 Å². The van der Waals surface area contributed by atoms with Crippen LogP contribution in [0.15, 0.2) is 30.3 Å². The Balaban J connectivity index is 3.06. The molecule has 0 aromatic heterocycles. The maximum Gasteiger partial charge on any atom is 0.267 e. The summed E-state index contributed by atoms with van der Waals surface area (Å²) in [7, 11) is -4.07. The summed E-state index contributed by atoms with van der Waals surface area (Å²) in [6.45, 7) is 1.79.